The van der Waals surface area contributed by atoms with Crippen molar-refractivity contribution in [1.82, 2.24) is 29.9 Å². The van der Waals surface area contributed by atoms with Gasteiger partial charge in [-0.2, -0.15) is 23.4 Å². The number of aromatic amines is 1. The minimum Gasteiger partial charge on any atom is -0.344 e. The van der Waals surface area contributed by atoms with Gasteiger partial charge in [-0.25, -0.2) is 4.68 Å². The summed E-state index contributed by atoms with van der Waals surface area (Å²) in [7, 11) is 1.29. The van der Waals surface area contributed by atoms with Gasteiger partial charge in [0.05, 0.1) is 17.4 Å². The molecule has 0 fully saturated rings. The molecule has 0 unspecified atom stereocenters. The topological polar surface area (TPSA) is 97.6 Å². The number of fused-ring (bicyclic) bond motifs is 1. The van der Waals surface area contributed by atoms with Crippen LogP contribution in [0.15, 0.2) is 35.4 Å². The molecule has 0 aromatic carbocycles. The predicted molar refractivity (Wildman–Crippen MR) is 95.5 cm³/mol. The third-order valence-corrected chi connectivity index (χ3v) is 4.84. The van der Waals surface area contributed by atoms with Gasteiger partial charge >= 0.3 is 6.18 Å². The minimum absolute atomic E-state index is 0.175. The smallest absolute Gasteiger partial charge is 0.344 e. The zero-order valence-electron chi connectivity index (χ0n) is 15.3. The number of rotatable bonds is 3. The molecule has 3 aromatic rings. The highest BCUT2D eigenvalue weighted by Crippen LogP contribution is 2.31. The second kappa shape index (κ2) is 6.90. The molecule has 0 radical (unpaired) electrons. The van der Waals surface area contributed by atoms with Crippen LogP contribution in [0.5, 0.6) is 0 Å². The maximum atomic E-state index is 12.8. The number of nitrogens with zero attached hydrogens (tertiary/aromatic N) is 4. The van der Waals surface area contributed by atoms with E-state index in [4.69, 9.17) is 0 Å². The molecule has 8 nitrogen and oxygen atoms in total. The highest BCUT2D eigenvalue weighted by atomic mass is 19.4. The fraction of sp³-hybridized carbons (Fsp3) is 0.333. The number of alkyl halides is 3. The maximum absolute atomic E-state index is 12.8. The number of H-pyrrole nitrogens is 1. The van der Waals surface area contributed by atoms with Crippen LogP contribution in [0, 0.1) is 0 Å². The molecule has 0 saturated carbocycles. The Morgan fingerprint density at radius 3 is 2.79 bits per heavy atom. The number of aromatic nitrogens is 5. The molecule has 2 N–H and O–H groups in total. The summed E-state index contributed by atoms with van der Waals surface area (Å²) in [6.07, 6.45) is 0.731. The molecule has 3 aromatic heterocycles. The average Bonchev–Trinajstić information content (AvgIpc) is 3.26. The van der Waals surface area contributed by atoms with Crippen LogP contribution >= 0.6 is 0 Å². The summed E-state index contributed by atoms with van der Waals surface area (Å²) in [5.41, 5.74) is 0.584. The van der Waals surface area contributed by atoms with Crippen molar-refractivity contribution >= 4 is 5.91 Å². The third-order valence-electron chi connectivity index (χ3n) is 4.84. The molecule has 1 atom stereocenters. The van der Waals surface area contributed by atoms with E-state index < -0.39 is 23.8 Å². The Hall–Kier alpha value is -3.37. The van der Waals surface area contributed by atoms with Crippen LogP contribution in [0.3, 0.4) is 0 Å². The number of carbonyl (C=O) groups excluding carboxylic acids is 1. The quantitative estimate of drug-likeness (QED) is 0.696. The van der Waals surface area contributed by atoms with Crippen molar-refractivity contribution in [3.05, 3.63) is 63.6 Å². The first kappa shape index (κ1) is 19.0. The van der Waals surface area contributed by atoms with Crippen LogP contribution in [0.4, 0.5) is 13.2 Å². The highest BCUT2D eigenvalue weighted by Gasteiger charge is 2.36. The van der Waals surface area contributed by atoms with Crippen molar-refractivity contribution in [2.24, 2.45) is 7.05 Å². The fourth-order valence-corrected chi connectivity index (χ4v) is 3.45. The van der Waals surface area contributed by atoms with Crippen LogP contribution in [-0.4, -0.2) is 30.5 Å². The lowest BCUT2D eigenvalue weighted by Gasteiger charge is -2.22. The van der Waals surface area contributed by atoms with Gasteiger partial charge < -0.3 is 10.3 Å². The van der Waals surface area contributed by atoms with Gasteiger partial charge in [0.1, 0.15) is 5.69 Å². The second-order valence-electron chi connectivity index (χ2n) is 6.84. The Bertz CT molecular complexity index is 1130. The van der Waals surface area contributed by atoms with E-state index in [9.17, 15) is 22.8 Å². The average molecular weight is 406 g/mol. The van der Waals surface area contributed by atoms with Crippen molar-refractivity contribution in [2.75, 3.05) is 0 Å². The van der Waals surface area contributed by atoms with Gasteiger partial charge in [-0.1, -0.05) is 0 Å². The second-order valence-corrected chi connectivity index (χ2v) is 6.84. The number of amides is 1. The predicted octanol–water partition coefficient (Wildman–Crippen LogP) is 2.12. The number of carbonyl (C=O) groups is 1. The maximum Gasteiger partial charge on any atom is 0.435 e. The van der Waals surface area contributed by atoms with Gasteiger partial charge in [0.2, 0.25) is 5.56 Å². The van der Waals surface area contributed by atoms with Gasteiger partial charge in [-0.15, -0.1) is 0 Å². The van der Waals surface area contributed by atoms with Gasteiger partial charge in [0, 0.05) is 37.1 Å². The zero-order chi connectivity index (χ0) is 20.8. The summed E-state index contributed by atoms with van der Waals surface area (Å²) in [6, 6.07) is 3.44. The zero-order valence-corrected chi connectivity index (χ0v) is 15.3. The first-order valence-corrected chi connectivity index (χ1v) is 8.92. The van der Waals surface area contributed by atoms with Crippen LogP contribution < -0.4 is 10.9 Å². The van der Waals surface area contributed by atoms with E-state index in [-0.39, 0.29) is 11.3 Å². The summed E-state index contributed by atoms with van der Waals surface area (Å²) >= 11 is 0. The fourth-order valence-electron chi connectivity index (χ4n) is 3.45. The van der Waals surface area contributed by atoms with E-state index in [0.29, 0.717) is 18.5 Å². The molecule has 29 heavy (non-hydrogen) atoms. The molecule has 0 spiro atoms. The van der Waals surface area contributed by atoms with Crippen molar-refractivity contribution in [1.29, 1.82) is 0 Å². The molecule has 11 heteroatoms. The molecule has 1 aliphatic rings. The van der Waals surface area contributed by atoms with Crippen LogP contribution in [0.25, 0.3) is 5.69 Å². The molecule has 1 amide bonds. The summed E-state index contributed by atoms with van der Waals surface area (Å²) < 4.78 is 41.0. The largest absolute Gasteiger partial charge is 0.435 e. The monoisotopic (exact) mass is 406 g/mol. The highest BCUT2D eigenvalue weighted by molar-refractivity contribution is 5.93. The first-order chi connectivity index (χ1) is 13.7. The summed E-state index contributed by atoms with van der Waals surface area (Å²) in [6.45, 7) is 0. The Balaban J connectivity index is 1.60. The molecule has 1 aliphatic carbocycles. The molecule has 0 saturated heterocycles. The van der Waals surface area contributed by atoms with Crippen molar-refractivity contribution in [3.8, 4) is 5.69 Å². The molecular formula is C18H17F3N6O2. The Morgan fingerprint density at radius 2 is 2.10 bits per heavy atom. The number of halogens is 3. The SMILES string of the molecule is Cn1nc(C(F)(F)F)cc1C(=O)N[C@H]1CCCc2nn(-c3cc[nH]c(=O)c3)cc21. The number of nitrogens with one attached hydrogen (secondary N) is 2. The molecule has 4 rings (SSSR count). The lowest BCUT2D eigenvalue weighted by molar-refractivity contribution is -0.141. The van der Waals surface area contributed by atoms with E-state index in [2.05, 4.69) is 20.5 Å². The van der Waals surface area contributed by atoms with Crippen LogP contribution in [-0.2, 0) is 19.6 Å². The normalized spacial score (nSPS) is 16.5. The van der Waals surface area contributed by atoms with Crippen molar-refractivity contribution < 1.29 is 18.0 Å². The van der Waals surface area contributed by atoms with Gasteiger partial charge in [-0.3, -0.25) is 14.3 Å². The van der Waals surface area contributed by atoms with E-state index >= 15 is 0 Å². The summed E-state index contributed by atoms with van der Waals surface area (Å²) in [4.78, 5) is 26.7. The molecule has 0 bridgehead atoms. The van der Waals surface area contributed by atoms with E-state index in [1.165, 1.54) is 19.3 Å². The van der Waals surface area contributed by atoms with E-state index in [0.717, 1.165) is 28.4 Å². The van der Waals surface area contributed by atoms with Crippen LogP contribution in [0.1, 0.15) is 46.3 Å². The summed E-state index contributed by atoms with van der Waals surface area (Å²) in [5.74, 6) is -0.641. The molecule has 152 valence electrons. The number of hydrogen-bond donors (Lipinski definition) is 2. The number of aryl methyl sites for hydroxylation is 2. The number of pyridine rings is 1. The molecular weight excluding hydrogens is 389 g/mol. The molecule has 3 heterocycles. The number of hydrogen-bond acceptors (Lipinski definition) is 4. The standard InChI is InChI=1S/C18H17F3N6O2/c1-26-14(8-15(25-26)18(19,20)21)17(29)23-12-3-2-4-13-11(12)9-27(24-13)10-5-6-22-16(28)7-10/h5-9,12H,2-4H2,1H3,(H,22,28)(H,23,29)/t12-/m0/s1. The van der Waals surface area contributed by atoms with Gasteiger partial charge in [-0.05, 0) is 25.3 Å². The van der Waals surface area contributed by atoms with E-state index in [1.54, 1.807) is 16.9 Å². The molecule has 0 aliphatic heterocycles. The minimum atomic E-state index is -4.62. The Morgan fingerprint density at radius 1 is 1.31 bits per heavy atom. The van der Waals surface area contributed by atoms with Gasteiger partial charge in [0.15, 0.2) is 5.69 Å². The van der Waals surface area contributed by atoms with Gasteiger partial charge in [0.25, 0.3) is 5.91 Å². The Labute approximate surface area is 162 Å². The lowest BCUT2D eigenvalue weighted by Crippen LogP contribution is -2.31. The van der Waals surface area contributed by atoms with E-state index in [1.807, 2.05) is 0 Å². The van der Waals surface area contributed by atoms with Crippen LogP contribution in [0.2, 0.25) is 0 Å². The van der Waals surface area contributed by atoms with Crippen molar-refractivity contribution in [2.45, 2.75) is 31.5 Å². The summed E-state index contributed by atoms with van der Waals surface area (Å²) in [5, 5.41) is 10.7. The lowest BCUT2D eigenvalue weighted by atomic mass is 9.93. The van der Waals surface area contributed by atoms with Crippen molar-refractivity contribution in [3.63, 3.8) is 0 Å². The first-order valence-electron chi connectivity index (χ1n) is 8.92. The Kier molecular flexibility index (Phi) is 4.52. The third kappa shape index (κ3) is 3.67.